The van der Waals surface area contributed by atoms with Crippen molar-refractivity contribution in [2.75, 3.05) is 19.5 Å². The van der Waals surface area contributed by atoms with Crippen LogP contribution < -0.4 is 5.32 Å². The second-order valence-electron chi connectivity index (χ2n) is 4.56. The molecule has 2 heterocycles. The quantitative estimate of drug-likeness (QED) is 0.777. The van der Waals surface area contributed by atoms with Crippen LogP contribution in [0, 0.1) is 0 Å². The van der Waals surface area contributed by atoms with Gasteiger partial charge in [0.05, 0.1) is 18.6 Å². The van der Waals surface area contributed by atoms with Gasteiger partial charge in [0.25, 0.3) is 0 Å². The standard InChI is InChI=1S/C13H18N4O3S/c1-9(7-19-3)14-11(18)8-21-13-16-15-12(17(13)2)10-5-4-6-20-10/h4-6,9H,7-8H2,1-3H3,(H,14,18)/t9-/m1/s1. The third kappa shape index (κ3) is 4.08. The van der Waals surface area contributed by atoms with Crippen LogP contribution in [0.25, 0.3) is 11.6 Å². The highest BCUT2D eigenvalue weighted by Gasteiger charge is 2.15. The lowest BCUT2D eigenvalue weighted by molar-refractivity contribution is -0.119. The van der Waals surface area contributed by atoms with Gasteiger partial charge in [-0.1, -0.05) is 11.8 Å². The van der Waals surface area contributed by atoms with E-state index in [1.165, 1.54) is 11.8 Å². The van der Waals surface area contributed by atoms with Crippen molar-refractivity contribution in [2.24, 2.45) is 7.05 Å². The van der Waals surface area contributed by atoms with Gasteiger partial charge in [0.15, 0.2) is 16.7 Å². The van der Waals surface area contributed by atoms with Crippen molar-refractivity contribution in [2.45, 2.75) is 18.1 Å². The number of carbonyl (C=O) groups is 1. The summed E-state index contributed by atoms with van der Waals surface area (Å²) >= 11 is 1.33. The fourth-order valence-electron chi connectivity index (χ4n) is 1.80. The number of carbonyl (C=O) groups excluding carboxylic acids is 1. The molecule has 0 saturated heterocycles. The van der Waals surface area contributed by atoms with Crippen molar-refractivity contribution >= 4 is 17.7 Å². The molecule has 21 heavy (non-hydrogen) atoms. The summed E-state index contributed by atoms with van der Waals surface area (Å²) in [6, 6.07) is 3.60. The van der Waals surface area contributed by atoms with Crippen LogP contribution in [0.4, 0.5) is 0 Å². The Labute approximate surface area is 127 Å². The Morgan fingerprint density at radius 2 is 2.38 bits per heavy atom. The molecule has 2 aromatic rings. The van der Waals surface area contributed by atoms with Crippen molar-refractivity contribution < 1.29 is 13.9 Å². The summed E-state index contributed by atoms with van der Waals surface area (Å²) in [5.41, 5.74) is 0. The first-order valence-electron chi connectivity index (χ1n) is 6.46. The van der Waals surface area contributed by atoms with Gasteiger partial charge in [-0.2, -0.15) is 0 Å². The molecule has 8 heteroatoms. The van der Waals surface area contributed by atoms with Gasteiger partial charge in [0, 0.05) is 20.2 Å². The van der Waals surface area contributed by atoms with Crippen molar-refractivity contribution in [1.82, 2.24) is 20.1 Å². The highest BCUT2D eigenvalue weighted by atomic mass is 32.2. The zero-order valence-corrected chi connectivity index (χ0v) is 13.0. The predicted molar refractivity (Wildman–Crippen MR) is 78.9 cm³/mol. The maximum atomic E-state index is 11.8. The monoisotopic (exact) mass is 310 g/mol. The minimum absolute atomic E-state index is 0.0127. The van der Waals surface area contributed by atoms with Gasteiger partial charge in [-0.25, -0.2) is 0 Å². The Balaban J connectivity index is 1.91. The van der Waals surface area contributed by atoms with E-state index < -0.39 is 0 Å². The molecular formula is C13H18N4O3S. The number of nitrogens with one attached hydrogen (secondary N) is 1. The lowest BCUT2D eigenvalue weighted by Crippen LogP contribution is -2.36. The fourth-order valence-corrected chi connectivity index (χ4v) is 2.52. The van der Waals surface area contributed by atoms with Gasteiger partial charge in [0.1, 0.15) is 0 Å². The molecule has 0 aromatic carbocycles. The predicted octanol–water partition coefficient (Wildman–Crippen LogP) is 1.32. The van der Waals surface area contributed by atoms with Crippen molar-refractivity contribution in [3.63, 3.8) is 0 Å². The Kier molecular flexibility index (Phi) is 5.40. The number of ether oxygens (including phenoxy) is 1. The van der Waals surface area contributed by atoms with E-state index in [0.717, 1.165) is 0 Å². The molecule has 2 aromatic heterocycles. The summed E-state index contributed by atoms with van der Waals surface area (Å²) in [7, 11) is 3.44. The molecule has 7 nitrogen and oxygen atoms in total. The van der Waals surface area contributed by atoms with Crippen LogP contribution in [0.2, 0.25) is 0 Å². The van der Waals surface area contributed by atoms with Crippen LogP contribution >= 0.6 is 11.8 Å². The largest absolute Gasteiger partial charge is 0.461 e. The Bertz CT molecular complexity index is 582. The Morgan fingerprint density at radius 3 is 3.05 bits per heavy atom. The average molecular weight is 310 g/mol. The van der Waals surface area contributed by atoms with Gasteiger partial charge < -0.3 is 19.0 Å². The normalized spacial score (nSPS) is 12.3. The summed E-state index contributed by atoms with van der Waals surface area (Å²) in [4.78, 5) is 11.8. The summed E-state index contributed by atoms with van der Waals surface area (Å²) in [6.07, 6.45) is 1.58. The van der Waals surface area contributed by atoms with E-state index in [0.29, 0.717) is 23.3 Å². The molecule has 0 unspecified atom stereocenters. The van der Waals surface area contributed by atoms with E-state index in [9.17, 15) is 4.79 Å². The fraction of sp³-hybridized carbons (Fsp3) is 0.462. The minimum Gasteiger partial charge on any atom is -0.461 e. The van der Waals surface area contributed by atoms with Crippen molar-refractivity contribution in [3.05, 3.63) is 18.4 Å². The molecule has 2 rings (SSSR count). The molecule has 0 saturated carbocycles. The van der Waals surface area contributed by atoms with E-state index >= 15 is 0 Å². The molecule has 0 aliphatic heterocycles. The van der Waals surface area contributed by atoms with Gasteiger partial charge in [-0.3, -0.25) is 4.79 Å². The second-order valence-corrected chi connectivity index (χ2v) is 5.50. The van der Waals surface area contributed by atoms with Gasteiger partial charge in [0.2, 0.25) is 5.91 Å². The molecule has 0 aliphatic rings. The van der Waals surface area contributed by atoms with E-state index in [4.69, 9.17) is 9.15 Å². The number of aromatic nitrogens is 3. The number of nitrogens with zero attached hydrogens (tertiary/aromatic N) is 3. The number of rotatable bonds is 7. The zero-order valence-electron chi connectivity index (χ0n) is 12.2. The molecule has 1 atom stereocenters. The van der Waals surface area contributed by atoms with E-state index in [2.05, 4.69) is 15.5 Å². The Morgan fingerprint density at radius 1 is 1.57 bits per heavy atom. The minimum atomic E-state index is -0.0629. The smallest absolute Gasteiger partial charge is 0.230 e. The lowest BCUT2D eigenvalue weighted by atomic mass is 10.3. The molecule has 0 radical (unpaired) electrons. The molecule has 0 aliphatic carbocycles. The van der Waals surface area contributed by atoms with Crippen LogP contribution in [0.15, 0.2) is 28.0 Å². The number of amides is 1. The Hall–Kier alpha value is -1.80. The van der Waals surface area contributed by atoms with E-state index in [1.807, 2.05) is 20.0 Å². The first-order valence-corrected chi connectivity index (χ1v) is 7.44. The highest BCUT2D eigenvalue weighted by Crippen LogP contribution is 2.22. The van der Waals surface area contributed by atoms with Gasteiger partial charge >= 0.3 is 0 Å². The number of methoxy groups -OCH3 is 1. The molecular weight excluding hydrogens is 292 g/mol. The van der Waals surface area contributed by atoms with E-state index in [1.54, 1.807) is 24.0 Å². The number of thioether (sulfide) groups is 1. The van der Waals surface area contributed by atoms with E-state index in [-0.39, 0.29) is 17.7 Å². The first-order chi connectivity index (χ1) is 10.1. The lowest BCUT2D eigenvalue weighted by Gasteiger charge is -2.12. The summed E-state index contributed by atoms with van der Waals surface area (Å²) in [5.74, 6) is 1.50. The third-order valence-electron chi connectivity index (χ3n) is 2.73. The van der Waals surface area contributed by atoms with Crippen molar-refractivity contribution in [3.8, 4) is 11.6 Å². The maximum absolute atomic E-state index is 11.8. The number of hydrogen-bond donors (Lipinski definition) is 1. The van der Waals surface area contributed by atoms with Crippen LogP contribution in [-0.2, 0) is 16.6 Å². The first kappa shape index (κ1) is 15.6. The molecule has 1 amide bonds. The van der Waals surface area contributed by atoms with Crippen LogP contribution in [0.3, 0.4) is 0 Å². The van der Waals surface area contributed by atoms with Gasteiger partial charge in [-0.05, 0) is 19.1 Å². The van der Waals surface area contributed by atoms with Crippen LogP contribution in [0.1, 0.15) is 6.92 Å². The number of furan rings is 1. The molecule has 0 fully saturated rings. The summed E-state index contributed by atoms with van der Waals surface area (Å²) in [5, 5.41) is 11.7. The second kappa shape index (κ2) is 7.28. The van der Waals surface area contributed by atoms with Crippen LogP contribution in [-0.4, -0.2) is 46.2 Å². The van der Waals surface area contributed by atoms with Gasteiger partial charge in [-0.15, -0.1) is 10.2 Å². The average Bonchev–Trinajstić information content (AvgIpc) is 3.06. The molecule has 0 bridgehead atoms. The SMILES string of the molecule is COC[C@@H](C)NC(=O)CSc1nnc(-c2ccco2)n1C. The zero-order chi connectivity index (χ0) is 15.2. The third-order valence-corrected chi connectivity index (χ3v) is 3.75. The maximum Gasteiger partial charge on any atom is 0.230 e. The summed E-state index contributed by atoms with van der Waals surface area (Å²) in [6.45, 7) is 2.38. The van der Waals surface area contributed by atoms with Crippen molar-refractivity contribution in [1.29, 1.82) is 0 Å². The molecule has 1 N–H and O–H groups in total. The van der Waals surface area contributed by atoms with Crippen LogP contribution in [0.5, 0.6) is 0 Å². The number of hydrogen-bond acceptors (Lipinski definition) is 6. The molecule has 114 valence electrons. The highest BCUT2D eigenvalue weighted by molar-refractivity contribution is 7.99. The topological polar surface area (TPSA) is 82.2 Å². The summed E-state index contributed by atoms with van der Waals surface area (Å²) < 4.78 is 12.1. The molecule has 0 spiro atoms.